The lowest BCUT2D eigenvalue weighted by atomic mass is 10.2. The van der Waals surface area contributed by atoms with Crippen LogP contribution in [0.5, 0.6) is 5.75 Å². The third-order valence-corrected chi connectivity index (χ3v) is 6.98. The predicted octanol–water partition coefficient (Wildman–Crippen LogP) is 3.83. The number of anilines is 1. The number of aromatic nitrogens is 2. The van der Waals surface area contributed by atoms with Crippen LogP contribution in [0.15, 0.2) is 64.2 Å². The lowest BCUT2D eigenvalue weighted by Crippen LogP contribution is -2.47. The Labute approximate surface area is 219 Å². The first kappa shape index (κ1) is 27.5. The molecule has 0 atom stereocenters. The van der Waals surface area contributed by atoms with Gasteiger partial charge in [-0.2, -0.15) is 13.2 Å². The van der Waals surface area contributed by atoms with Crippen LogP contribution >= 0.6 is 0 Å². The zero-order chi connectivity index (χ0) is 27.3. The Hall–Kier alpha value is -3.53. The normalized spacial score (nSPS) is 14.6. The summed E-state index contributed by atoms with van der Waals surface area (Å²) >= 11 is 0. The van der Waals surface area contributed by atoms with Crippen molar-refractivity contribution in [3.63, 3.8) is 0 Å². The van der Waals surface area contributed by atoms with Gasteiger partial charge in [0.15, 0.2) is 6.61 Å². The van der Waals surface area contributed by atoms with Gasteiger partial charge < -0.3 is 9.64 Å². The molecule has 0 unspecified atom stereocenters. The van der Waals surface area contributed by atoms with Crippen molar-refractivity contribution in [1.82, 2.24) is 14.0 Å². The van der Waals surface area contributed by atoms with Gasteiger partial charge in [0.05, 0.1) is 12.2 Å². The van der Waals surface area contributed by atoms with E-state index in [0.29, 0.717) is 69.2 Å². The summed E-state index contributed by atoms with van der Waals surface area (Å²) in [6.45, 7) is 6.37. The SMILES string of the molecule is Cc1c(C)n(Cc2ccccc2)c(=O)n(CCCN2CCN(c3ccccc3OCC(F)(F)F)CC2)c1=O. The van der Waals surface area contributed by atoms with Crippen molar-refractivity contribution in [2.45, 2.75) is 39.5 Å². The topological polar surface area (TPSA) is 59.7 Å². The summed E-state index contributed by atoms with van der Waals surface area (Å²) in [7, 11) is 0. The number of alkyl halides is 3. The molecular formula is C28H33F3N4O3. The van der Waals surface area contributed by atoms with Gasteiger partial charge in [0.1, 0.15) is 5.75 Å². The minimum absolute atomic E-state index is 0.221. The average molecular weight is 531 g/mol. The Balaban J connectivity index is 1.36. The van der Waals surface area contributed by atoms with E-state index in [1.165, 1.54) is 4.57 Å². The van der Waals surface area contributed by atoms with Gasteiger partial charge in [0.25, 0.3) is 5.56 Å². The number of hydrogen-bond acceptors (Lipinski definition) is 5. The summed E-state index contributed by atoms with van der Waals surface area (Å²) in [4.78, 5) is 30.4. The molecule has 0 saturated carbocycles. The molecule has 4 rings (SSSR count). The molecule has 0 radical (unpaired) electrons. The van der Waals surface area contributed by atoms with Crippen LogP contribution in [0, 0.1) is 13.8 Å². The molecule has 38 heavy (non-hydrogen) atoms. The van der Waals surface area contributed by atoms with Crippen LogP contribution in [0.3, 0.4) is 0 Å². The summed E-state index contributed by atoms with van der Waals surface area (Å²) in [5.74, 6) is 0.221. The molecule has 0 aliphatic carbocycles. The third kappa shape index (κ3) is 6.66. The standard InChI is InChI=1S/C28H33F3N4O3/c1-21-22(2)35(19-23-9-4-3-5-10-23)27(37)34(26(21)36)14-8-13-32-15-17-33(18-16-32)24-11-6-7-12-25(24)38-20-28(29,30)31/h3-7,9-12H,8,13-20H2,1-2H3. The number of para-hydroxylation sites is 2. The molecule has 1 aliphatic heterocycles. The summed E-state index contributed by atoms with van der Waals surface area (Å²) in [5, 5.41) is 0. The van der Waals surface area contributed by atoms with Crippen LogP contribution in [0.1, 0.15) is 23.2 Å². The maximum atomic E-state index is 13.2. The molecule has 204 valence electrons. The van der Waals surface area contributed by atoms with Crippen LogP contribution in [0.2, 0.25) is 0 Å². The van der Waals surface area contributed by atoms with E-state index in [2.05, 4.69) is 4.90 Å². The van der Waals surface area contributed by atoms with Gasteiger partial charge in [-0.05, 0) is 44.5 Å². The van der Waals surface area contributed by atoms with Gasteiger partial charge in [-0.25, -0.2) is 4.79 Å². The van der Waals surface area contributed by atoms with Crippen LogP contribution < -0.4 is 20.9 Å². The van der Waals surface area contributed by atoms with Gasteiger partial charge in [-0.3, -0.25) is 18.8 Å². The molecule has 0 bridgehead atoms. The second-order valence-corrected chi connectivity index (χ2v) is 9.58. The second kappa shape index (κ2) is 11.9. The number of piperazine rings is 1. The molecule has 10 heteroatoms. The summed E-state index contributed by atoms with van der Waals surface area (Å²) < 4.78 is 45.9. The Morgan fingerprint density at radius 1 is 0.842 bits per heavy atom. The van der Waals surface area contributed by atoms with E-state index >= 15 is 0 Å². The quantitative estimate of drug-likeness (QED) is 0.421. The number of ether oxygens (including phenoxy) is 1. The fraction of sp³-hybridized carbons (Fsp3) is 0.429. The highest BCUT2D eigenvalue weighted by Gasteiger charge is 2.29. The molecule has 2 heterocycles. The van der Waals surface area contributed by atoms with E-state index in [1.54, 1.807) is 42.7 Å². The lowest BCUT2D eigenvalue weighted by molar-refractivity contribution is -0.153. The highest BCUT2D eigenvalue weighted by molar-refractivity contribution is 5.58. The van der Waals surface area contributed by atoms with Crippen molar-refractivity contribution in [1.29, 1.82) is 0 Å². The molecule has 1 aliphatic rings. The maximum absolute atomic E-state index is 13.2. The van der Waals surface area contributed by atoms with Crippen molar-refractivity contribution in [2.75, 3.05) is 44.2 Å². The van der Waals surface area contributed by atoms with Gasteiger partial charge in [0.2, 0.25) is 0 Å². The molecule has 1 fully saturated rings. The summed E-state index contributed by atoms with van der Waals surface area (Å²) in [6, 6.07) is 16.5. The third-order valence-electron chi connectivity index (χ3n) is 6.98. The first-order valence-electron chi connectivity index (χ1n) is 12.7. The predicted molar refractivity (Wildman–Crippen MR) is 141 cm³/mol. The van der Waals surface area contributed by atoms with Crippen molar-refractivity contribution >= 4 is 5.69 Å². The van der Waals surface area contributed by atoms with E-state index < -0.39 is 12.8 Å². The summed E-state index contributed by atoms with van der Waals surface area (Å²) in [6.07, 6.45) is -3.76. The molecule has 7 nitrogen and oxygen atoms in total. The number of hydrogen-bond donors (Lipinski definition) is 0. The van der Waals surface area contributed by atoms with Crippen LogP contribution in [0.25, 0.3) is 0 Å². The number of benzene rings is 2. The molecule has 2 aromatic carbocycles. The highest BCUT2D eigenvalue weighted by Crippen LogP contribution is 2.30. The molecule has 0 amide bonds. The van der Waals surface area contributed by atoms with Crippen molar-refractivity contribution in [3.05, 3.63) is 92.3 Å². The highest BCUT2D eigenvalue weighted by atomic mass is 19.4. The fourth-order valence-electron chi connectivity index (χ4n) is 4.75. The molecule has 0 spiro atoms. The van der Waals surface area contributed by atoms with Crippen LogP contribution in [-0.2, 0) is 13.1 Å². The van der Waals surface area contributed by atoms with Gasteiger partial charge in [0, 0.05) is 44.0 Å². The Morgan fingerprint density at radius 3 is 2.18 bits per heavy atom. The smallest absolute Gasteiger partial charge is 0.422 e. The number of nitrogens with zero attached hydrogens (tertiary/aromatic N) is 4. The van der Waals surface area contributed by atoms with E-state index in [0.717, 1.165) is 5.56 Å². The zero-order valence-corrected chi connectivity index (χ0v) is 21.7. The molecule has 0 N–H and O–H groups in total. The van der Waals surface area contributed by atoms with Gasteiger partial charge in [-0.1, -0.05) is 42.5 Å². The van der Waals surface area contributed by atoms with Crippen LogP contribution in [-0.4, -0.2) is 59.5 Å². The lowest BCUT2D eigenvalue weighted by Gasteiger charge is -2.36. The average Bonchev–Trinajstić information content (AvgIpc) is 2.91. The minimum Gasteiger partial charge on any atom is -0.482 e. The van der Waals surface area contributed by atoms with E-state index in [4.69, 9.17) is 4.74 Å². The second-order valence-electron chi connectivity index (χ2n) is 9.58. The minimum atomic E-state index is -4.39. The van der Waals surface area contributed by atoms with Gasteiger partial charge in [-0.15, -0.1) is 0 Å². The van der Waals surface area contributed by atoms with E-state index in [-0.39, 0.29) is 17.0 Å². The fourth-order valence-corrected chi connectivity index (χ4v) is 4.75. The first-order valence-corrected chi connectivity index (χ1v) is 12.7. The van der Waals surface area contributed by atoms with E-state index in [9.17, 15) is 22.8 Å². The maximum Gasteiger partial charge on any atom is 0.422 e. The molecular weight excluding hydrogens is 497 g/mol. The van der Waals surface area contributed by atoms with Crippen molar-refractivity contribution in [2.24, 2.45) is 0 Å². The van der Waals surface area contributed by atoms with Crippen LogP contribution in [0.4, 0.5) is 18.9 Å². The van der Waals surface area contributed by atoms with Crippen molar-refractivity contribution < 1.29 is 17.9 Å². The monoisotopic (exact) mass is 530 g/mol. The Kier molecular flexibility index (Phi) is 8.61. The van der Waals surface area contributed by atoms with Crippen molar-refractivity contribution in [3.8, 4) is 5.75 Å². The number of rotatable bonds is 9. The number of halogens is 3. The zero-order valence-electron chi connectivity index (χ0n) is 21.7. The Morgan fingerprint density at radius 2 is 1.50 bits per heavy atom. The molecule has 1 aromatic heterocycles. The van der Waals surface area contributed by atoms with E-state index in [1.807, 2.05) is 35.2 Å². The van der Waals surface area contributed by atoms with Gasteiger partial charge >= 0.3 is 11.9 Å². The molecule has 3 aromatic rings. The largest absolute Gasteiger partial charge is 0.482 e. The Bertz CT molecular complexity index is 1340. The molecule has 1 saturated heterocycles. The summed E-state index contributed by atoms with van der Waals surface area (Å²) in [5.41, 5.74) is 2.33. The first-order chi connectivity index (χ1) is 18.1.